The fourth-order valence-corrected chi connectivity index (χ4v) is 4.26. The van der Waals surface area contributed by atoms with E-state index in [1.807, 2.05) is 6.07 Å². The van der Waals surface area contributed by atoms with Gasteiger partial charge in [-0.3, -0.25) is 15.0 Å². The number of halogens is 1. The first-order chi connectivity index (χ1) is 12.5. The summed E-state index contributed by atoms with van der Waals surface area (Å²) >= 11 is 1.40. The maximum Gasteiger partial charge on any atom is 0.324 e. The van der Waals surface area contributed by atoms with Crippen LogP contribution in [0.4, 0.5) is 15.5 Å². The minimum atomic E-state index is -0.527. The Hall–Kier alpha value is -2.60. The first kappa shape index (κ1) is 20.7. The molecule has 0 bridgehead atoms. The maximum absolute atomic E-state index is 12.3. The third kappa shape index (κ3) is 4.57. The molecule has 142 valence electrons. The number of rotatable bonds is 4. The average molecular weight is 406 g/mol. The second-order valence-corrected chi connectivity index (χ2v) is 7.06. The second kappa shape index (κ2) is 8.86. The van der Waals surface area contributed by atoms with E-state index in [0.717, 1.165) is 36.5 Å². The third-order valence-electron chi connectivity index (χ3n) is 4.33. The summed E-state index contributed by atoms with van der Waals surface area (Å²) in [4.78, 5) is 27.6. The quantitative estimate of drug-likeness (QED) is 0.725. The number of nitrogens with two attached hydrogens (primary N) is 1. The summed E-state index contributed by atoms with van der Waals surface area (Å²) < 4.78 is 0. The van der Waals surface area contributed by atoms with Crippen LogP contribution < -0.4 is 16.4 Å². The van der Waals surface area contributed by atoms with E-state index in [0.29, 0.717) is 21.8 Å². The minimum Gasteiger partial charge on any atom is -0.365 e. The van der Waals surface area contributed by atoms with Gasteiger partial charge in [0.15, 0.2) is 0 Å². The van der Waals surface area contributed by atoms with Crippen LogP contribution in [0.15, 0.2) is 24.3 Å². The molecule has 2 heterocycles. The highest BCUT2D eigenvalue weighted by Gasteiger charge is 2.27. The molecule has 1 aromatic carbocycles. The number of nitrogens with one attached hydrogen (secondary N) is 2. The molecule has 0 fully saturated rings. The van der Waals surface area contributed by atoms with Gasteiger partial charge in [0.2, 0.25) is 0 Å². The van der Waals surface area contributed by atoms with Gasteiger partial charge in [-0.1, -0.05) is 6.92 Å². The number of carbonyl (C=O) groups excluding carboxylic acids is 2. The smallest absolute Gasteiger partial charge is 0.324 e. The SMILES string of the molecule is CCN1CCc2c(sc(NC(=O)Nc3ccc(C#N)cc3)c2C(N)=O)C1.Cl. The van der Waals surface area contributed by atoms with E-state index in [4.69, 9.17) is 11.0 Å². The molecule has 0 saturated carbocycles. The molecule has 4 N–H and O–H groups in total. The van der Waals surface area contributed by atoms with Crippen LogP contribution in [0.5, 0.6) is 0 Å². The number of benzene rings is 1. The van der Waals surface area contributed by atoms with Gasteiger partial charge in [0.1, 0.15) is 5.00 Å². The second-order valence-electron chi connectivity index (χ2n) is 5.96. The summed E-state index contributed by atoms with van der Waals surface area (Å²) in [6.45, 7) is 4.66. The van der Waals surface area contributed by atoms with E-state index in [9.17, 15) is 9.59 Å². The van der Waals surface area contributed by atoms with E-state index in [1.54, 1.807) is 24.3 Å². The molecule has 0 radical (unpaired) electrons. The number of carbonyl (C=O) groups is 2. The Morgan fingerprint density at radius 3 is 2.59 bits per heavy atom. The number of nitrogens with zero attached hydrogens (tertiary/aromatic N) is 2. The normalized spacial score (nSPS) is 13.0. The van der Waals surface area contributed by atoms with Gasteiger partial charge in [0.05, 0.1) is 17.2 Å². The summed E-state index contributed by atoms with van der Waals surface area (Å²) in [6, 6.07) is 8.09. The molecule has 3 amide bonds. The Bertz CT molecular complexity index is 888. The van der Waals surface area contributed by atoms with E-state index >= 15 is 0 Å². The zero-order valence-corrected chi connectivity index (χ0v) is 16.4. The number of anilines is 2. The van der Waals surface area contributed by atoms with Gasteiger partial charge < -0.3 is 11.1 Å². The number of likely N-dealkylation sites (N-methyl/N-ethyl adjacent to an activating group) is 1. The van der Waals surface area contributed by atoms with Crippen molar-refractivity contribution in [2.24, 2.45) is 5.73 Å². The fourth-order valence-electron chi connectivity index (χ4n) is 2.97. The summed E-state index contributed by atoms with van der Waals surface area (Å²) in [5, 5.41) is 14.7. The standard InChI is InChI=1S/C18H19N5O2S.ClH/c1-2-23-8-7-13-14(10-23)26-17(15(13)16(20)24)22-18(25)21-12-5-3-11(9-19)4-6-12;/h3-6H,2,7-8,10H2,1H3,(H2,20,24)(H2,21,22,25);1H. The topological polar surface area (TPSA) is 111 Å². The minimum absolute atomic E-state index is 0. The molecule has 1 aromatic heterocycles. The van der Waals surface area contributed by atoms with Crippen LogP contribution in [0.3, 0.4) is 0 Å². The van der Waals surface area contributed by atoms with Gasteiger partial charge in [-0.15, -0.1) is 23.7 Å². The lowest BCUT2D eigenvalue weighted by atomic mass is 10.0. The van der Waals surface area contributed by atoms with Crippen LogP contribution in [-0.2, 0) is 13.0 Å². The Kier molecular flexibility index (Phi) is 6.80. The van der Waals surface area contributed by atoms with Crippen molar-refractivity contribution in [2.45, 2.75) is 19.9 Å². The molecule has 3 rings (SSSR count). The predicted molar refractivity (Wildman–Crippen MR) is 109 cm³/mol. The molecular weight excluding hydrogens is 386 g/mol. The number of hydrogen-bond acceptors (Lipinski definition) is 5. The van der Waals surface area contributed by atoms with Gasteiger partial charge in [-0.25, -0.2) is 4.79 Å². The molecule has 27 heavy (non-hydrogen) atoms. The highest BCUT2D eigenvalue weighted by atomic mass is 35.5. The van der Waals surface area contributed by atoms with Crippen LogP contribution in [-0.4, -0.2) is 29.9 Å². The average Bonchev–Trinajstić information content (AvgIpc) is 2.99. The monoisotopic (exact) mass is 405 g/mol. The number of thiophene rings is 1. The number of fused-ring (bicyclic) bond motifs is 1. The van der Waals surface area contributed by atoms with E-state index in [2.05, 4.69) is 22.5 Å². The molecule has 2 aromatic rings. The molecule has 1 aliphatic heterocycles. The van der Waals surface area contributed by atoms with Crippen LogP contribution in [0.25, 0.3) is 0 Å². The van der Waals surface area contributed by atoms with Gasteiger partial charge in [-0.2, -0.15) is 5.26 Å². The zero-order valence-electron chi connectivity index (χ0n) is 14.7. The van der Waals surface area contributed by atoms with Crippen molar-refractivity contribution in [1.82, 2.24) is 4.90 Å². The first-order valence-electron chi connectivity index (χ1n) is 8.26. The molecule has 0 atom stereocenters. The first-order valence-corrected chi connectivity index (χ1v) is 9.08. The zero-order chi connectivity index (χ0) is 18.7. The summed E-state index contributed by atoms with van der Waals surface area (Å²) in [5.74, 6) is -0.527. The Morgan fingerprint density at radius 1 is 1.30 bits per heavy atom. The molecule has 0 saturated heterocycles. The van der Waals surface area contributed by atoms with Crippen molar-refractivity contribution in [3.05, 3.63) is 45.8 Å². The lowest BCUT2D eigenvalue weighted by Crippen LogP contribution is -2.30. The summed E-state index contributed by atoms with van der Waals surface area (Å²) in [6.07, 6.45) is 0.747. The Balaban J connectivity index is 0.00000261. The van der Waals surface area contributed by atoms with Crippen LogP contribution in [0.1, 0.15) is 33.3 Å². The molecular formula is C18H20ClN5O2S. The molecule has 9 heteroatoms. The third-order valence-corrected chi connectivity index (χ3v) is 5.46. The number of amides is 3. The fraction of sp³-hybridized carbons (Fsp3) is 0.278. The van der Waals surface area contributed by atoms with Crippen molar-refractivity contribution in [3.8, 4) is 6.07 Å². The lowest BCUT2D eigenvalue weighted by molar-refractivity contribution is 0.1000. The molecule has 0 spiro atoms. The van der Waals surface area contributed by atoms with Gasteiger partial charge in [-0.05, 0) is 42.8 Å². The Labute approximate surface area is 167 Å². The number of hydrogen-bond donors (Lipinski definition) is 3. The van der Waals surface area contributed by atoms with Gasteiger partial charge >= 0.3 is 6.03 Å². The van der Waals surface area contributed by atoms with Crippen molar-refractivity contribution < 1.29 is 9.59 Å². The van der Waals surface area contributed by atoms with Crippen molar-refractivity contribution in [2.75, 3.05) is 23.7 Å². The van der Waals surface area contributed by atoms with Crippen LogP contribution in [0.2, 0.25) is 0 Å². The van der Waals surface area contributed by atoms with E-state index < -0.39 is 11.9 Å². The van der Waals surface area contributed by atoms with Gasteiger partial charge in [0.25, 0.3) is 5.91 Å². The van der Waals surface area contributed by atoms with Crippen LogP contribution >= 0.6 is 23.7 Å². The number of primary amides is 1. The largest absolute Gasteiger partial charge is 0.365 e. The van der Waals surface area contributed by atoms with Crippen molar-refractivity contribution in [3.63, 3.8) is 0 Å². The van der Waals surface area contributed by atoms with E-state index in [-0.39, 0.29) is 12.4 Å². The molecule has 1 aliphatic rings. The summed E-state index contributed by atoms with van der Waals surface area (Å²) in [7, 11) is 0. The van der Waals surface area contributed by atoms with Gasteiger partial charge in [0, 0.05) is 23.7 Å². The highest BCUT2D eigenvalue weighted by Crippen LogP contribution is 2.36. The maximum atomic E-state index is 12.3. The summed E-state index contributed by atoms with van der Waals surface area (Å²) in [5.41, 5.74) is 7.99. The molecule has 7 nitrogen and oxygen atoms in total. The number of nitriles is 1. The predicted octanol–water partition coefficient (Wildman–Crippen LogP) is 3.16. The van der Waals surface area contributed by atoms with Crippen molar-refractivity contribution >= 4 is 46.4 Å². The molecule has 0 unspecified atom stereocenters. The highest BCUT2D eigenvalue weighted by molar-refractivity contribution is 7.17. The molecule has 0 aliphatic carbocycles. The lowest BCUT2D eigenvalue weighted by Gasteiger charge is -2.25. The van der Waals surface area contributed by atoms with Crippen molar-refractivity contribution in [1.29, 1.82) is 5.26 Å². The number of urea groups is 1. The van der Waals surface area contributed by atoms with E-state index in [1.165, 1.54) is 11.3 Å². The Morgan fingerprint density at radius 2 is 2.00 bits per heavy atom. The van der Waals surface area contributed by atoms with Crippen LogP contribution in [0, 0.1) is 11.3 Å².